The Labute approximate surface area is 130 Å². The van der Waals surface area contributed by atoms with Gasteiger partial charge >= 0.3 is 0 Å². The molecule has 0 fully saturated rings. The maximum absolute atomic E-state index is 5.28. The van der Waals surface area contributed by atoms with Crippen LogP contribution in [0.5, 0.6) is 0 Å². The Morgan fingerprint density at radius 2 is 2.19 bits per heavy atom. The summed E-state index contributed by atoms with van der Waals surface area (Å²) in [5.41, 5.74) is 3.47. The van der Waals surface area contributed by atoms with Crippen LogP contribution in [0.4, 0.5) is 0 Å². The monoisotopic (exact) mass is 305 g/mol. The number of ether oxygens (including phenoxy) is 1. The third-order valence-electron chi connectivity index (χ3n) is 3.29. The largest absolute Gasteiger partial charge is 0.378 e. The first-order valence-electron chi connectivity index (χ1n) is 7.41. The highest BCUT2D eigenvalue weighted by atomic mass is 32.1. The molecule has 0 bridgehead atoms. The van der Waals surface area contributed by atoms with E-state index in [4.69, 9.17) is 9.72 Å². The second-order valence-corrected chi connectivity index (χ2v) is 5.97. The van der Waals surface area contributed by atoms with Gasteiger partial charge in [0.1, 0.15) is 5.01 Å². The van der Waals surface area contributed by atoms with Crippen LogP contribution in [0, 0.1) is 0 Å². The quantitative estimate of drug-likeness (QED) is 0.759. The fraction of sp³-hybridized carbons (Fsp3) is 0.500. The number of rotatable bonds is 8. The Morgan fingerprint density at radius 1 is 1.33 bits per heavy atom. The zero-order valence-corrected chi connectivity index (χ0v) is 13.8. The number of nitrogens with zero attached hydrogens (tertiary/aromatic N) is 2. The predicted molar refractivity (Wildman–Crippen MR) is 87.4 cm³/mol. The summed E-state index contributed by atoms with van der Waals surface area (Å²) in [4.78, 5) is 10.3. The lowest BCUT2D eigenvalue weighted by atomic mass is 10.1. The summed E-state index contributed by atoms with van der Waals surface area (Å²) in [5, 5.41) is 4.51. The normalized spacial score (nSPS) is 11.0. The lowest BCUT2D eigenvalue weighted by Crippen LogP contribution is -2.14. The Morgan fingerprint density at radius 3 is 2.90 bits per heavy atom. The van der Waals surface area contributed by atoms with Crippen molar-refractivity contribution in [2.24, 2.45) is 0 Å². The van der Waals surface area contributed by atoms with Gasteiger partial charge in [0.05, 0.1) is 12.3 Å². The average molecular weight is 305 g/mol. The van der Waals surface area contributed by atoms with E-state index >= 15 is 0 Å². The molecule has 2 aromatic rings. The molecule has 0 aliphatic carbocycles. The van der Waals surface area contributed by atoms with Gasteiger partial charge in [0.15, 0.2) is 0 Å². The fourth-order valence-electron chi connectivity index (χ4n) is 2.18. The van der Waals surface area contributed by atoms with Crippen molar-refractivity contribution in [3.8, 4) is 10.6 Å². The first kappa shape index (κ1) is 16.1. The van der Waals surface area contributed by atoms with E-state index in [9.17, 15) is 0 Å². The second-order valence-electron chi connectivity index (χ2n) is 4.89. The molecule has 0 atom stereocenters. The highest BCUT2D eigenvalue weighted by molar-refractivity contribution is 7.15. The van der Waals surface area contributed by atoms with E-state index in [0.717, 1.165) is 36.6 Å². The molecular weight excluding hydrogens is 282 g/mol. The molecule has 0 spiro atoms. The van der Waals surface area contributed by atoms with Gasteiger partial charge in [-0.3, -0.25) is 4.98 Å². The molecule has 1 N–H and O–H groups in total. The van der Waals surface area contributed by atoms with Crippen molar-refractivity contribution in [2.45, 2.75) is 39.8 Å². The van der Waals surface area contributed by atoms with E-state index in [1.165, 1.54) is 16.0 Å². The molecular formula is C16H23N3OS. The van der Waals surface area contributed by atoms with Crippen molar-refractivity contribution >= 4 is 11.3 Å². The maximum Gasteiger partial charge on any atom is 0.124 e. The molecule has 5 heteroatoms. The van der Waals surface area contributed by atoms with E-state index in [2.05, 4.69) is 30.2 Å². The van der Waals surface area contributed by atoms with E-state index < -0.39 is 0 Å². The fourth-order valence-corrected chi connectivity index (χ4v) is 3.28. The average Bonchev–Trinajstić information content (AvgIpc) is 2.91. The number of aromatic nitrogens is 2. The topological polar surface area (TPSA) is 47.0 Å². The van der Waals surface area contributed by atoms with Gasteiger partial charge < -0.3 is 10.1 Å². The SMILES string of the molecule is CCCNCc1sc(-c2ccncc2CC)nc1COC. The number of pyridine rings is 1. The highest BCUT2D eigenvalue weighted by Gasteiger charge is 2.14. The van der Waals surface area contributed by atoms with Gasteiger partial charge in [-0.1, -0.05) is 13.8 Å². The molecule has 2 rings (SSSR count). The van der Waals surface area contributed by atoms with Gasteiger partial charge in [0, 0.05) is 36.5 Å². The van der Waals surface area contributed by atoms with Gasteiger partial charge in [-0.2, -0.15) is 0 Å². The molecule has 21 heavy (non-hydrogen) atoms. The standard InChI is InChI=1S/C16H23N3OS/c1-4-7-17-10-15-14(11-20-3)19-16(21-15)13-6-8-18-9-12(13)5-2/h6,8-9,17H,4-5,7,10-11H2,1-3H3. The first-order valence-corrected chi connectivity index (χ1v) is 8.23. The summed E-state index contributed by atoms with van der Waals surface area (Å²) >= 11 is 1.75. The molecule has 4 nitrogen and oxygen atoms in total. The molecule has 114 valence electrons. The van der Waals surface area contributed by atoms with Crippen molar-refractivity contribution < 1.29 is 4.74 Å². The lowest BCUT2D eigenvalue weighted by molar-refractivity contribution is 0.181. The zero-order valence-electron chi connectivity index (χ0n) is 13.0. The Bertz CT molecular complexity index is 568. The van der Waals surface area contributed by atoms with Crippen LogP contribution in [0.1, 0.15) is 36.4 Å². The van der Waals surface area contributed by atoms with Crippen LogP contribution in [0.25, 0.3) is 10.6 Å². The number of thiazole rings is 1. The van der Waals surface area contributed by atoms with Gasteiger partial charge in [0.2, 0.25) is 0 Å². The third kappa shape index (κ3) is 4.09. The molecule has 0 saturated heterocycles. The third-order valence-corrected chi connectivity index (χ3v) is 4.42. The predicted octanol–water partition coefficient (Wildman–Crippen LogP) is 3.41. The number of aryl methyl sites for hydroxylation is 1. The van der Waals surface area contributed by atoms with Gasteiger partial charge in [-0.05, 0) is 31.0 Å². The van der Waals surface area contributed by atoms with Crippen LogP contribution < -0.4 is 5.32 Å². The molecule has 2 aromatic heterocycles. The Kier molecular flexibility index (Phi) is 6.29. The second kappa shape index (κ2) is 8.22. The van der Waals surface area contributed by atoms with Crippen LogP contribution in [-0.4, -0.2) is 23.6 Å². The molecule has 0 amide bonds. The maximum atomic E-state index is 5.28. The number of hydrogen-bond acceptors (Lipinski definition) is 5. The zero-order chi connectivity index (χ0) is 15.1. The molecule has 0 unspecified atom stereocenters. The van der Waals surface area contributed by atoms with Gasteiger partial charge in [-0.25, -0.2) is 4.98 Å². The van der Waals surface area contributed by atoms with E-state index in [-0.39, 0.29) is 0 Å². The molecule has 0 radical (unpaired) electrons. The van der Waals surface area contributed by atoms with Gasteiger partial charge in [-0.15, -0.1) is 11.3 Å². The molecule has 0 saturated carbocycles. The highest BCUT2D eigenvalue weighted by Crippen LogP contribution is 2.30. The van der Waals surface area contributed by atoms with Crippen LogP contribution >= 0.6 is 11.3 Å². The minimum Gasteiger partial charge on any atom is -0.378 e. The minimum atomic E-state index is 0.562. The van der Waals surface area contributed by atoms with Crippen molar-refractivity contribution in [1.29, 1.82) is 0 Å². The van der Waals surface area contributed by atoms with E-state index in [0.29, 0.717) is 6.61 Å². The van der Waals surface area contributed by atoms with Crippen molar-refractivity contribution in [3.63, 3.8) is 0 Å². The molecule has 0 aromatic carbocycles. The number of nitrogens with one attached hydrogen (secondary N) is 1. The Hall–Kier alpha value is -1.30. The van der Waals surface area contributed by atoms with E-state index in [1.54, 1.807) is 18.4 Å². The van der Waals surface area contributed by atoms with Crippen LogP contribution in [0.2, 0.25) is 0 Å². The van der Waals surface area contributed by atoms with E-state index in [1.807, 2.05) is 12.4 Å². The van der Waals surface area contributed by atoms with Crippen molar-refractivity contribution in [2.75, 3.05) is 13.7 Å². The van der Waals surface area contributed by atoms with Crippen molar-refractivity contribution in [1.82, 2.24) is 15.3 Å². The summed E-state index contributed by atoms with van der Waals surface area (Å²) < 4.78 is 5.28. The van der Waals surface area contributed by atoms with Crippen LogP contribution in [0.3, 0.4) is 0 Å². The van der Waals surface area contributed by atoms with Crippen LogP contribution in [0.15, 0.2) is 18.5 Å². The lowest BCUT2D eigenvalue weighted by Gasteiger charge is -2.02. The summed E-state index contributed by atoms with van der Waals surface area (Å²) in [6.07, 6.45) is 5.87. The summed E-state index contributed by atoms with van der Waals surface area (Å²) in [5.74, 6) is 0. The smallest absolute Gasteiger partial charge is 0.124 e. The summed E-state index contributed by atoms with van der Waals surface area (Å²) in [6, 6.07) is 2.05. The summed E-state index contributed by atoms with van der Waals surface area (Å²) in [7, 11) is 1.71. The molecule has 2 heterocycles. The Balaban J connectivity index is 2.29. The molecule has 0 aliphatic rings. The number of methoxy groups -OCH3 is 1. The number of hydrogen-bond donors (Lipinski definition) is 1. The molecule has 0 aliphatic heterocycles. The summed E-state index contributed by atoms with van der Waals surface area (Å²) in [6.45, 7) is 6.76. The van der Waals surface area contributed by atoms with Crippen molar-refractivity contribution in [3.05, 3.63) is 34.6 Å². The minimum absolute atomic E-state index is 0.562. The van der Waals surface area contributed by atoms with Gasteiger partial charge in [0.25, 0.3) is 0 Å². The van der Waals surface area contributed by atoms with Crippen LogP contribution in [-0.2, 0) is 24.3 Å². The first-order chi connectivity index (χ1) is 10.3.